The number of carbonyl (C=O) groups is 2. The van der Waals surface area contributed by atoms with Crippen molar-refractivity contribution in [2.75, 3.05) is 50.9 Å². The van der Waals surface area contributed by atoms with Gasteiger partial charge in [0.15, 0.2) is 0 Å². The average Bonchev–Trinajstić information content (AvgIpc) is 3.10. The minimum Gasteiger partial charge on any atom is -0.490 e. The van der Waals surface area contributed by atoms with Gasteiger partial charge in [0.25, 0.3) is 0 Å². The van der Waals surface area contributed by atoms with Gasteiger partial charge in [-0.25, -0.2) is 9.59 Å². The zero-order valence-corrected chi connectivity index (χ0v) is 23.2. The molecule has 2 aliphatic heterocycles. The van der Waals surface area contributed by atoms with E-state index in [0.717, 1.165) is 24.3 Å². The molecule has 0 N–H and O–H groups in total. The number of carbonyl (C=O) groups excluding carboxylic acids is 2. The minimum atomic E-state index is -0.522. The highest BCUT2D eigenvalue weighted by Crippen LogP contribution is 2.40. The second-order valence-electron chi connectivity index (χ2n) is 10.8. The Kier molecular flexibility index (Phi) is 8.82. The summed E-state index contributed by atoms with van der Waals surface area (Å²) < 4.78 is 23.3. The molecule has 4 rings (SSSR count). The van der Waals surface area contributed by atoms with E-state index in [1.807, 2.05) is 45.9 Å². The maximum atomic E-state index is 12.7. The van der Waals surface area contributed by atoms with Gasteiger partial charge in [-0.1, -0.05) is 18.2 Å². The topological polar surface area (TPSA) is 77.5 Å². The predicted octanol–water partition coefficient (Wildman–Crippen LogP) is 4.79. The van der Waals surface area contributed by atoms with Crippen LogP contribution in [-0.4, -0.2) is 74.7 Å². The number of rotatable bonds is 7. The molecule has 0 fully saturated rings. The van der Waals surface area contributed by atoms with Gasteiger partial charge in [-0.2, -0.15) is 0 Å². The second kappa shape index (κ2) is 12.1. The number of fused-ring (bicyclic) bond motifs is 2. The number of hydrogen-bond acceptors (Lipinski definition) is 7. The van der Waals surface area contributed by atoms with Crippen LogP contribution in [0.15, 0.2) is 36.4 Å². The number of anilines is 1. The van der Waals surface area contributed by atoms with Crippen molar-refractivity contribution in [3.8, 4) is 5.75 Å². The maximum Gasteiger partial charge on any atom is 0.410 e. The van der Waals surface area contributed by atoms with E-state index >= 15 is 0 Å². The summed E-state index contributed by atoms with van der Waals surface area (Å²) in [6, 6.07) is 11.1. The van der Waals surface area contributed by atoms with Crippen molar-refractivity contribution in [1.29, 1.82) is 0 Å². The van der Waals surface area contributed by atoms with Crippen LogP contribution in [0.3, 0.4) is 0 Å². The smallest absolute Gasteiger partial charge is 0.410 e. The summed E-state index contributed by atoms with van der Waals surface area (Å²) in [5, 5.41) is 0. The maximum absolute atomic E-state index is 12.7. The molecule has 2 heterocycles. The molecule has 2 aliphatic rings. The zero-order chi connectivity index (χ0) is 27.3. The number of benzene rings is 2. The van der Waals surface area contributed by atoms with Gasteiger partial charge in [0.2, 0.25) is 0 Å². The van der Waals surface area contributed by atoms with E-state index < -0.39 is 5.60 Å². The molecule has 0 aliphatic carbocycles. The third-order valence-electron chi connectivity index (χ3n) is 6.84. The fourth-order valence-corrected chi connectivity index (χ4v) is 5.10. The first-order valence-corrected chi connectivity index (χ1v) is 13.5. The standard InChI is InChI=1S/C30H40N2O6/c1-6-35-24(20-37-28(33)22-10-8-7-9-11-22)19-32-16-17-36-26-18-23-12-14-31(29(34)38-30(3,4)5)15-13-25(23)21(2)27(26)32/h7-11,18,24H,6,12-17,19-20H2,1-5H3/t24-/m0/s1. The molecule has 0 saturated carbocycles. The van der Waals surface area contributed by atoms with Crippen molar-refractivity contribution >= 4 is 17.7 Å². The van der Waals surface area contributed by atoms with Crippen molar-refractivity contribution in [2.24, 2.45) is 0 Å². The fraction of sp³-hybridized carbons (Fsp3) is 0.533. The van der Waals surface area contributed by atoms with E-state index in [1.54, 1.807) is 17.0 Å². The molecule has 0 aromatic heterocycles. The second-order valence-corrected chi connectivity index (χ2v) is 10.8. The van der Waals surface area contributed by atoms with Crippen LogP contribution < -0.4 is 9.64 Å². The van der Waals surface area contributed by atoms with Crippen LogP contribution in [0.1, 0.15) is 54.7 Å². The Morgan fingerprint density at radius 1 is 1.08 bits per heavy atom. The fourth-order valence-electron chi connectivity index (χ4n) is 5.10. The summed E-state index contributed by atoms with van der Waals surface area (Å²) in [6.45, 7) is 13.5. The van der Waals surface area contributed by atoms with Crippen LogP contribution >= 0.6 is 0 Å². The lowest BCUT2D eigenvalue weighted by Crippen LogP contribution is -2.42. The SMILES string of the molecule is CCO[C@H](COC(=O)c1ccccc1)CN1CCOc2cc3c(c(C)c21)CCN(C(=O)OC(C)(C)C)CC3. The molecular weight excluding hydrogens is 484 g/mol. The van der Waals surface area contributed by atoms with Crippen molar-refractivity contribution < 1.29 is 28.5 Å². The molecule has 1 amide bonds. The highest BCUT2D eigenvalue weighted by Gasteiger charge is 2.30. The van der Waals surface area contributed by atoms with E-state index in [2.05, 4.69) is 17.9 Å². The van der Waals surface area contributed by atoms with E-state index in [4.69, 9.17) is 18.9 Å². The molecule has 1 atom stereocenters. The normalized spacial score (nSPS) is 16.0. The van der Waals surface area contributed by atoms with Gasteiger partial charge in [-0.05, 0) is 82.3 Å². The highest BCUT2D eigenvalue weighted by atomic mass is 16.6. The summed E-state index contributed by atoms with van der Waals surface area (Å²) in [5.74, 6) is 0.503. The van der Waals surface area contributed by atoms with Gasteiger partial charge >= 0.3 is 12.1 Å². The molecule has 2 aromatic rings. The number of amides is 1. The molecule has 0 radical (unpaired) electrons. The van der Waals surface area contributed by atoms with Gasteiger partial charge in [-0.3, -0.25) is 0 Å². The van der Waals surface area contributed by atoms with E-state index in [9.17, 15) is 9.59 Å². The number of ether oxygens (including phenoxy) is 4. The highest BCUT2D eigenvalue weighted by molar-refractivity contribution is 5.89. The molecular formula is C30H40N2O6. The third-order valence-corrected chi connectivity index (χ3v) is 6.84. The predicted molar refractivity (Wildman–Crippen MR) is 146 cm³/mol. The Morgan fingerprint density at radius 2 is 1.82 bits per heavy atom. The third kappa shape index (κ3) is 6.78. The molecule has 0 saturated heterocycles. The summed E-state index contributed by atoms with van der Waals surface area (Å²) >= 11 is 0. The summed E-state index contributed by atoms with van der Waals surface area (Å²) in [5.41, 5.74) is 4.70. The summed E-state index contributed by atoms with van der Waals surface area (Å²) in [7, 11) is 0. The van der Waals surface area contributed by atoms with Crippen LogP contribution in [0, 0.1) is 6.92 Å². The van der Waals surface area contributed by atoms with E-state index in [0.29, 0.717) is 45.0 Å². The average molecular weight is 525 g/mol. The summed E-state index contributed by atoms with van der Waals surface area (Å²) in [4.78, 5) is 29.3. The first kappa shape index (κ1) is 27.8. The van der Waals surface area contributed by atoms with Gasteiger partial charge < -0.3 is 28.7 Å². The molecule has 0 spiro atoms. The van der Waals surface area contributed by atoms with Crippen LogP contribution in [-0.2, 0) is 27.1 Å². The lowest BCUT2D eigenvalue weighted by molar-refractivity contribution is -0.00128. The molecule has 8 nitrogen and oxygen atoms in total. The van der Waals surface area contributed by atoms with Crippen LogP contribution in [0.25, 0.3) is 0 Å². The van der Waals surface area contributed by atoms with Crippen LogP contribution in [0.5, 0.6) is 5.75 Å². The largest absolute Gasteiger partial charge is 0.490 e. The molecule has 8 heteroatoms. The Bertz CT molecular complexity index is 1130. The van der Waals surface area contributed by atoms with Crippen LogP contribution in [0.2, 0.25) is 0 Å². The molecule has 0 unspecified atom stereocenters. The number of hydrogen-bond donors (Lipinski definition) is 0. The minimum absolute atomic E-state index is 0.170. The van der Waals surface area contributed by atoms with E-state index in [-0.39, 0.29) is 24.8 Å². The Hall–Kier alpha value is -3.26. The lowest BCUT2D eigenvalue weighted by atomic mass is 9.94. The number of nitrogens with zero attached hydrogens (tertiary/aromatic N) is 2. The van der Waals surface area contributed by atoms with Gasteiger partial charge in [0.1, 0.15) is 30.7 Å². The van der Waals surface area contributed by atoms with Crippen molar-refractivity contribution in [2.45, 2.75) is 59.2 Å². The van der Waals surface area contributed by atoms with Gasteiger partial charge in [0.05, 0.1) is 17.8 Å². The monoisotopic (exact) mass is 524 g/mol. The van der Waals surface area contributed by atoms with Crippen molar-refractivity contribution in [3.63, 3.8) is 0 Å². The molecule has 206 valence electrons. The lowest BCUT2D eigenvalue weighted by Gasteiger charge is -2.36. The van der Waals surface area contributed by atoms with Crippen molar-refractivity contribution in [1.82, 2.24) is 4.90 Å². The zero-order valence-electron chi connectivity index (χ0n) is 23.2. The van der Waals surface area contributed by atoms with Gasteiger partial charge in [-0.15, -0.1) is 0 Å². The molecule has 0 bridgehead atoms. The quantitative estimate of drug-likeness (QED) is 0.482. The van der Waals surface area contributed by atoms with Gasteiger partial charge in [0, 0.05) is 26.2 Å². The Morgan fingerprint density at radius 3 is 2.53 bits per heavy atom. The first-order valence-electron chi connectivity index (χ1n) is 13.5. The molecule has 38 heavy (non-hydrogen) atoms. The molecule has 2 aromatic carbocycles. The number of esters is 1. The first-order chi connectivity index (χ1) is 18.2. The Labute approximate surface area is 225 Å². The van der Waals surface area contributed by atoms with Crippen molar-refractivity contribution in [3.05, 3.63) is 58.7 Å². The van der Waals surface area contributed by atoms with E-state index in [1.165, 1.54) is 16.7 Å². The van der Waals surface area contributed by atoms with Crippen LogP contribution in [0.4, 0.5) is 10.5 Å². The summed E-state index contributed by atoms with van der Waals surface area (Å²) in [6.07, 6.45) is 0.962. The Balaban J connectivity index is 1.48.